The van der Waals surface area contributed by atoms with E-state index in [0.29, 0.717) is 0 Å². The lowest BCUT2D eigenvalue weighted by molar-refractivity contribution is 0.669. The Labute approximate surface area is 320 Å². The van der Waals surface area contributed by atoms with E-state index in [2.05, 4.69) is 182 Å². The summed E-state index contributed by atoms with van der Waals surface area (Å²) in [6.07, 6.45) is 5.59. The molecule has 4 heteroatoms. The Balaban J connectivity index is 1.10. The minimum absolute atomic E-state index is 0.137. The Bertz CT molecular complexity index is 2930. The minimum atomic E-state index is 0.137. The van der Waals surface area contributed by atoms with Crippen LogP contribution in [0, 0.1) is 6.92 Å². The number of para-hydroxylation sites is 2. The molecule has 0 fully saturated rings. The van der Waals surface area contributed by atoms with Crippen LogP contribution < -0.4 is 15.3 Å². The van der Waals surface area contributed by atoms with Crippen molar-refractivity contribution in [3.8, 4) is 33.8 Å². The van der Waals surface area contributed by atoms with E-state index in [1.54, 1.807) is 0 Å². The zero-order valence-electron chi connectivity index (χ0n) is 30.4. The smallest absolute Gasteiger partial charge is 0.160 e. The summed E-state index contributed by atoms with van der Waals surface area (Å²) in [5.41, 5.74) is 12.3. The highest BCUT2D eigenvalue weighted by atomic mass is 16.3. The van der Waals surface area contributed by atoms with Gasteiger partial charge in [0, 0.05) is 44.9 Å². The van der Waals surface area contributed by atoms with Crippen LogP contribution in [0.5, 0.6) is 0 Å². The van der Waals surface area contributed by atoms with Gasteiger partial charge in [0.15, 0.2) is 5.82 Å². The first-order valence-corrected chi connectivity index (χ1v) is 18.9. The van der Waals surface area contributed by atoms with Crippen molar-refractivity contribution in [1.29, 1.82) is 0 Å². The number of anilines is 3. The number of fused-ring (bicyclic) bond motifs is 4. The van der Waals surface area contributed by atoms with Crippen molar-refractivity contribution in [2.75, 3.05) is 4.90 Å². The molecule has 55 heavy (non-hydrogen) atoms. The van der Waals surface area contributed by atoms with Gasteiger partial charge in [-0.15, -0.1) is 0 Å². The van der Waals surface area contributed by atoms with E-state index in [-0.39, 0.29) is 5.92 Å². The van der Waals surface area contributed by atoms with Crippen molar-refractivity contribution in [2.24, 2.45) is 0 Å². The molecule has 0 spiro atoms. The van der Waals surface area contributed by atoms with Gasteiger partial charge in [-0.25, -0.2) is 9.97 Å². The number of furan rings is 1. The lowest BCUT2D eigenvalue weighted by Gasteiger charge is -2.25. The SMILES string of the molecule is Cc1c(-c2cccc3oc4cc(-c5cccc(N(c6ccccc6)c6ccccc6)c5)ccc4c23)nc(-c2ccccc2)nc1C1C=c2ccccc2=CC1. The molecule has 2 aromatic heterocycles. The normalized spacial score (nSPS) is 13.6. The van der Waals surface area contributed by atoms with Crippen LogP contribution in [0.15, 0.2) is 180 Å². The summed E-state index contributed by atoms with van der Waals surface area (Å²) in [5, 5.41) is 4.65. The first kappa shape index (κ1) is 32.6. The molecule has 7 aromatic carbocycles. The van der Waals surface area contributed by atoms with Crippen molar-refractivity contribution in [3.05, 3.63) is 198 Å². The molecule has 1 aliphatic rings. The Morgan fingerprint density at radius 1 is 0.545 bits per heavy atom. The highest BCUT2D eigenvalue weighted by molar-refractivity contribution is 6.13. The fourth-order valence-electron chi connectivity index (χ4n) is 8.08. The highest BCUT2D eigenvalue weighted by Gasteiger charge is 2.23. The van der Waals surface area contributed by atoms with Gasteiger partial charge in [0.25, 0.3) is 0 Å². The lowest BCUT2D eigenvalue weighted by atomic mass is 9.89. The van der Waals surface area contributed by atoms with Crippen LogP contribution in [0.25, 0.3) is 67.9 Å². The van der Waals surface area contributed by atoms with Crippen LogP contribution in [0.3, 0.4) is 0 Å². The van der Waals surface area contributed by atoms with Gasteiger partial charge >= 0.3 is 0 Å². The molecule has 0 saturated carbocycles. The number of rotatable bonds is 7. The predicted molar refractivity (Wildman–Crippen MR) is 227 cm³/mol. The highest BCUT2D eigenvalue weighted by Crippen LogP contribution is 2.42. The molecule has 9 aromatic rings. The summed E-state index contributed by atoms with van der Waals surface area (Å²) in [5.74, 6) is 0.868. The van der Waals surface area contributed by atoms with E-state index in [1.807, 2.05) is 18.2 Å². The van der Waals surface area contributed by atoms with Crippen LogP contribution in [0.4, 0.5) is 17.1 Å². The molecule has 10 rings (SSSR count). The summed E-state index contributed by atoms with van der Waals surface area (Å²) in [6, 6.07) is 61.5. The summed E-state index contributed by atoms with van der Waals surface area (Å²) < 4.78 is 6.67. The van der Waals surface area contributed by atoms with Crippen molar-refractivity contribution in [3.63, 3.8) is 0 Å². The van der Waals surface area contributed by atoms with Gasteiger partial charge in [-0.1, -0.05) is 133 Å². The maximum atomic E-state index is 6.67. The van der Waals surface area contributed by atoms with E-state index in [1.165, 1.54) is 10.4 Å². The van der Waals surface area contributed by atoms with Crippen LogP contribution in [-0.4, -0.2) is 9.97 Å². The molecule has 1 aliphatic carbocycles. The monoisotopic (exact) mass is 707 g/mol. The second-order valence-electron chi connectivity index (χ2n) is 14.2. The first-order valence-electron chi connectivity index (χ1n) is 18.9. The van der Waals surface area contributed by atoms with Gasteiger partial charge in [0.1, 0.15) is 11.2 Å². The standard InChI is InChI=1S/C51H37N3O/c1-34-49(40-28-27-35-15-11-12-18-37(35)31-40)52-51(36-16-5-2-6-17-36)53-50(34)45-25-14-26-46-48(45)44-30-29-39(33-47(44)55-46)38-19-13-24-43(32-38)54(41-20-7-3-8-21-41)42-22-9-4-10-23-42/h2-27,29-33,40H,28H2,1H3. The number of benzene rings is 7. The van der Waals surface area contributed by atoms with Gasteiger partial charge in [-0.3, -0.25) is 0 Å². The van der Waals surface area contributed by atoms with Crippen molar-refractivity contribution >= 4 is 51.2 Å². The summed E-state index contributed by atoms with van der Waals surface area (Å²) in [4.78, 5) is 12.9. The number of aromatic nitrogens is 2. The third-order valence-electron chi connectivity index (χ3n) is 10.8. The van der Waals surface area contributed by atoms with Crippen molar-refractivity contribution in [1.82, 2.24) is 9.97 Å². The predicted octanol–water partition coefficient (Wildman–Crippen LogP) is 11.9. The minimum Gasteiger partial charge on any atom is -0.456 e. The Kier molecular flexibility index (Phi) is 8.15. The molecule has 1 atom stereocenters. The van der Waals surface area contributed by atoms with Gasteiger partial charge in [0.2, 0.25) is 0 Å². The topological polar surface area (TPSA) is 42.2 Å². The lowest BCUT2D eigenvalue weighted by Crippen LogP contribution is -2.28. The van der Waals surface area contributed by atoms with Gasteiger partial charge in [-0.05, 0) is 95.1 Å². The Hall–Kier alpha value is -7.04. The summed E-state index contributed by atoms with van der Waals surface area (Å²) in [7, 11) is 0. The second kappa shape index (κ2) is 13.7. The largest absolute Gasteiger partial charge is 0.456 e. The van der Waals surface area contributed by atoms with E-state index >= 15 is 0 Å². The first-order chi connectivity index (χ1) is 27.2. The van der Waals surface area contributed by atoms with E-state index < -0.39 is 0 Å². The molecular weight excluding hydrogens is 671 g/mol. The zero-order valence-corrected chi connectivity index (χ0v) is 30.4. The average molecular weight is 708 g/mol. The molecule has 0 saturated heterocycles. The molecule has 2 heterocycles. The molecule has 0 N–H and O–H groups in total. The average Bonchev–Trinajstić information content (AvgIpc) is 3.63. The third kappa shape index (κ3) is 5.98. The molecule has 0 bridgehead atoms. The second-order valence-corrected chi connectivity index (χ2v) is 14.2. The Morgan fingerprint density at radius 2 is 1.18 bits per heavy atom. The number of hydrogen-bond acceptors (Lipinski definition) is 4. The van der Waals surface area contributed by atoms with E-state index in [9.17, 15) is 0 Å². The molecule has 0 aliphatic heterocycles. The van der Waals surface area contributed by atoms with E-state index in [4.69, 9.17) is 14.4 Å². The van der Waals surface area contributed by atoms with Gasteiger partial charge in [-0.2, -0.15) is 0 Å². The molecule has 1 unspecified atom stereocenters. The quantitative estimate of drug-likeness (QED) is 0.165. The molecular formula is C51H37N3O. The van der Waals surface area contributed by atoms with Crippen molar-refractivity contribution in [2.45, 2.75) is 19.3 Å². The van der Waals surface area contributed by atoms with Crippen molar-refractivity contribution < 1.29 is 4.42 Å². The molecule has 4 nitrogen and oxygen atoms in total. The molecule has 0 radical (unpaired) electrons. The van der Waals surface area contributed by atoms with E-state index in [0.717, 1.165) is 90.5 Å². The van der Waals surface area contributed by atoms with Crippen LogP contribution in [-0.2, 0) is 0 Å². The number of nitrogens with zero attached hydrogens (tertiary/aromatic N) is 3. The van der Waals surface area contributed by atoms with Crippen LogP contribution in [0.2, 0.25) is 0 Å². The van der Waals surface area contributed by atoms with Gasteiger partial charge in [0.05, 0.1) is 11.4 Å². The van der Waals surface area contributed by atoms with Crippen LogP contribution >= 0.6 is 0 Å². The summed E-state index contributed by atoms with van der Waals surface area (Å²) >= 11 is 0. The molecule has 0 amide bonds. The fourth-order valence-corrected chi connectivity index (χ4v) is 8.08. The maximum Gasteiger partial charge on any atom is 0.160 e. The molecule has 262 valence electrons. The third-order valence-corrected chi connectivity index (χ3v) is 10.8. The van der Waals surface area contributed by atoms with Crippen LogP contribution in [0.1, 0.15) is 23.6 Å². The zero-order chi connectivity index (χ0) is 36.7. The Morgan fingerprint density at radius 3 is 1.95 bits per heavy atom. The number of hydrogen-bond donors (Lipinski definition) is 0. The summed E-state index contributed by atoms with van der Waals surface area (Å²) in [6.45, 7) is 2.17. The maximum absolute atomic E-state index is 6.67. The van der Waals surface area contributed by atoms with Gasteiger partial charge < -0.3 is 9.32 Å². The fraction of sp³-hybridized carbons (Fsp3) is 0.0588.